The molecule has 0 saturated heterocycles. The number of hydrogen-bond acceptors (Lipinski definition) is 3. The lowest BCUT2D eigenvalue weighted by Crippen LogP contribution is -2.31. The minimum atomic E-state index is -0.172. The smallest absolute Gasteiger partial charge is 0.255 e. The number of carbonyl (C=O) groups excluding carboxylic acids is 1. The summed E-state index contributed by atoms with van der Waals surface area (Å²) in [6, 6.07) is 5.31. The first-order chi connectivity index (χ1) is 8.58. The number of benzene rings is 1. The molecule has 0 bridgehead atoms. The van der Waals surface area contributed by atoms with Gasteiger partial charge in [-0.3, -0.25) is 4.79 Å². The second-order valence-corrected chi connectivity index (χ2v) is 5.82. The van der Waals surface area contributed by atoms with Gasteiger partial charge in [0, 0.05) is 18.1 Å². The number of hydrogen-bond donors (Lipinski definition) is 1. The number of alkyl halides is 1. The predicted molar refractivity (Wildman–Crippen MR) is 77.6 cm³/mol. The Morgan fingerprint density at radius 3 is 2.78 bits per heavy atom. The summed E-state index contributed by atoms with van der Waals surface area (Å²) in [4.78, 5) is 12.1. The molecule has 1 atom stereocenters. The van der Waals surface area contributed by atoms with Crippen LogP contribution in [0.2, 0.25) is 0 Å². The molecule has 0 aliphatic carbocycles. The van der Waals surface area contributed by atoms with E-state index in [1.807, 2.05) is 6.07 Å². The molecule has 1 rings (SSSR count). The van der Waals surface area contributed by atoms with Gasteiger partial charge in [0.15, 0.2) is 0 Å². The molecule has 0 aliphatic heterocycles. The highest BCUT2D eigenvalue weighted by Crippen LogP contribution is 2.22. The molecule has 1 N–H and O–H groups in total. The van der Waals surface area contributed by atoms with Crippen LogP contribution in [0.3, 0.4) is 0 Å². The van der Waals surface area contributed by atoms with Crippen molar-refractivity contribution >= 4 is 37.8 Å². The average molecular weight is 381 g/mol. The number of halogens is 2. The molecule has 0 radical (unpaired) electrons. The first kappa shape index (κ1) is 15.5. The zero-order valence-electron chi connectivity index (χ0n) is 10.2. The van der Waals surface area contributed by atoms with Crippen molar-refractivity contribution in [3.05, 3.63) is 28.2 Å². The maximum absolute atomic E-state index is 12.0. The van der Waals surface area contributed by atoms with E-state index in [2.05, 4.69) is 37.2 Å². The van der Waals surface area contributed by atoms with Crippen LogP contribution in [-0.4, -0.2) is 38.1 Å². The van der Waals surface area contributed by atoms with Crippen LogP contribution in [0, 0.1) is 0 Å². The largest absolute Gasteiger partial charge is 0.496 e. The van der Waals surface area contributed by atoms with Crippen molar-refractivity contribution in [1.29, 1.82) is 0 Å². The molecule has 0 heterocycles. The summed E-state index contributed by atoms with van der Waals surface area (Å²) >= 11 is 6.74. The van der Waals surface area contributed by atoms with Gasteiger partial charge in [-0.25, -0.2) is 0 Å². The zero-order valence-corrected chi connectivity index (χ0v) is 13.4. The Hall–Kier alpha value is -0.590. The number of carbonyl (C=O) groups is 1. The van der Waals surface area contributed by atoms with E-state index >= 15 is 0 Å². The Bertz CT molecular complexity index is 412. The predicted octanol–water partition coefficient (Wildman–Crippen LogP) is 2.60. The molecule has 1 unspecified atom stereocenters. The second-order valence-electron chi connectivity index (χ2n) is 3.61. The van der Waals surface area contributed by atoms with Crippen molar-refractivity contribution < 1.29 is 14.3 Å². The maximum Gasteiger partial charge on any atom is 0.255 e. The molecular formula is C12H15Br2NO3. The molecule has 100 valence electrons. The fourth-order valence-electron chi connectivity index (χ4n) is 1.40. The average Bonchev–Trinajstić information content (AvgIpc) is 2.36. The molecule has 1 amide bonds. The third kappa shape index (κ3) is 4.59. The molecule has 0 aromatic heterocycles. The van der Waals surface area contributed by atoms with Crippen LogP contribution in [0.5, 0.6) is 5.75 Å². The summed E-state index contributed by atoms with van der Waals surface area (Å²) < 4.78 is 11.0. The molecule has 1 aromatic rings. The van der Waals surface area contributed by atoms with Gasteiger partial charge in [-0.05, 0) is 18.2 Å². The zero-order chi connectivity index (χ0) is 13.5. The Morgan fingerprint density at radius 1 is 1.44 bits per heavy atom. The molecule has 0 spiro atoms. The summed E-state index contributed by atoms with van der Waals surface area (Å²) in [7, 11) is 3.16. The molecule has 18 heavy (non-hydrogen) atoms. The van der Waals surface area contributed by atoms with Gasteiger partial charge in [0.05, 0.1) is 24.1 Å². The molecule has 0 saturated carbocycles. The van der Waals surface area contributed by atoms with Gasteiger partial charge in [-0.2, -0.15) is 0 Å². The Morgan fingerprint density at radius 2 is 2.17 bits per heavy atom. The number of rotatable bonds is 6. The molecule has 0 aliphatic rings. The van der Waals surface area contributed by atoms with Gasteiger partial charge in [0.2, 0.25) is 0 Å². The normalized spacial score (nSPS) is 12.0. The van der Waals surface area contributed by atoms with Gasteiger partial charge in [-0.1, -0.05) is 31.9 Å². The second kappa shape index (κ2) is 7.76. The molecule has 4 nitrogen and oxygen atoms in total. The van der Waals surface area contributed by atoms with E-state index in [-0.39, 0.29) is 10.7 Å². The van der Waals surface area contributed by atoms with Crippen molar-refractivity contribution in [2.75, 3.05) is 27.4 Å². The summed E-state index contributed by atoms with van der Waals surface area (Å²) in [6.07, 6.45) is 0. The number of ether oxygens (including phenoxy) is 2. The monoisotopic (exact) mass is 379 g/mol. The first-order valence-electron chi connectivity index (χ1n) is 5.33. The van der Waals surface area contributed by atoms with Crippen LogP contribution in [-0.2, 0) is 4.74 Å². The summed E-state index contributed by atoms with van der Waals surface area (Å²) in [5, 5.41) is 2.82. The SMILES string of the molecule is COCC(Br)CNC(=O)c1cc(Br)ccc1OC. The van der Waals surface area contributed by atoms with Crippen LogP contribution in [0.15, 0.2) is 22.7 Å². The van der Waals surface area contributed by atoms with E-state index in [4.69, 9.17) is 9.47 Å². The van der Waals surface area contributed by atoms with E-state index in [0.29, 0.717) is 24.5 Å². The van der Waals surface area contributed by atoms with Crippen LogP contribution in [0.25, 0.3) is 0 Å². The van der Waals surface area contributed by atoms with E-state index in [1.54, 1.807) is 19.2 Å². The lowest BCUT2D eigenvalue weighted by atomic mass is 10.2. The highest BCUT2D eigenvalue weighted by atomic mass is 79.9. The summed E-state index contributed by atoms with van der Waals surface area (Å²) in [6.45, 7) is 1.03. The highest BCUT2D eigenvalue weighted by molar-refractivity contribution is 9.10. The fourth-order valence-corrected chi connectivity index (χ4v) is 2.18. The van der Waals surface area contributed by atoms with Gasteiger partial charge in [0.25, 0.3) is 5.91 Å². The highest BCUT2D eigenvalue weighted by Gasteiger charge is 2.13. The number of amides is 1. The van der Waals surface area contributed by atoms with Crippen molar-refractivity contribution in [2.24, 2.45) is 0 Å². The lowest BCUT2D eigenvalue weighted by molar-refractivity contribution is 0.0947. The first-order valence-corrected chi connectivity index (χ1v) is 7.04. The van der Waals surface area contributed by atoms with E-state index < -0.39 is 0 Å². The minimum Gasteiger partial charge on any atom is -0.496 e. The van der Waals surface area contributed by atoms with Gasteiger partial charge in [0.1, 0.15) is 5.75 Å². The van der Waals surface area contributed by atoms with Gasteiger partial charge < -0.3 is 14.8 Å². The maximum atomic E-state index is 12.0. The quantitative estimate of drug-likeness (QED) is 0.771. The number of methoxy groups -OCH3 is 2. The summed E-state index contributed by atoms with van der Waals surface area (Å²) in [5.74, 6) is 0.377. The third-order valence-electron chi connectivity index (χ3n) is 2.24. The third-order valence-corrected chi connectivity index (χ3v) is 3.32. The van der Waals surface area contributed by atoms with E-state index in [9.17, 15) is 4.79 Å². The van der Waals surface area contributed by atoms with Crippen LogP contribution < -0.4 is 10.1 Å². The van der Waals surface area contributed by atoms with Crippen LogP contribution in [0.1, 0.15) is 10.4 Å². The Balaban J connectivity index is 2.68. The van der Waals surface area contributed by atoms with Crippen molar-refractivity contribution in [1.82, 2.24) is 5.32 Å². The molecule has 0 fully saturated rings. The van der Waals surface area contributed by atoms with Crippen molar-refractivity contribution in [3.63, 3.8) is 0 Å². The van der Waals surface area contributed by atoms with E-state index in [0.717, 1.165) is 4.47 Å². The summed E-state index contributed by atoms with van der Waals surface area (Å²) in [5.41, 5.74) is 0.504. The van der Waals surface area contributed by atoms with Gasteiger partial charge >= 0.3 is 0 Å². The van der Waals surface area contributed by atoms with Crippen LogP contribution in [0.4, 0.5) is 0 Å². The van der Waals surface area contributed by atoms with Crippen LogP contribution >= 0.6 is 31.9 Å². The van der Waals surface area contributed by atoms with E-state index in [1.165, 1.54) is 7.11 Å². The van der Waals surface area contributed by atoms with Crippen molar-refractivity contribution in [2.45, 2.75) is 4.83 Å². The molecular weight excluding hydrogens is 366 g/mol. The minimum absolute atomic E-state index is 0.0876. The molecule has 6 heteroatoms. The topological polar surface area (TPSA) is 47.6 Å². The Labute approximate surface area is 123 Å². The standard InChI is InChI=1S/C12H15Br2NO3/c1-17-7-9(14)6-15-12(16)10-5-8(13)3-4-11(10)18-2/h3-5,9H,6-7H2,1-2H3,(H,15,16). The van der Waals surface area contributed by atoms with Gasteiger partial charge in [-0.15, -0.1) is 0 Å². The number of nitrogens with one attached hydrogen (secondary N) is 1. The fraction of sp³-hybridized carbons (Fsp3) is 0.417. The molecule has 1 aromatic carbocycles. The van der Waals surface area contributed by atoms with Crippen molar-refractivity contribution in [3.8, 4) is 5.75 Å². The lowest BCUT2D eigenvalue weighted by Gasteiger charge is -2.12. The Kier molecular flexibility index (Phi) is 6.67.